The van der Waals surface area contributed by atoms with E-state index < -0.39 is 4.92 Å². The van der Waals surface area contributed by atoms with E-state index in [0.717, 1.165) is 24.0 Å². The Bertz CT molecular complexity index is 474. The fourth-order valence-corrected chi connectivity index (χ4v) is 2.07. The van der Waals surface area contributed by atoms with Crippen LogP contribution in [0.1, 0.15) is 25.3 Å². The fourth-order valence-electron chi connectivity index (χ4n) is 2.07. The van der Waals surface area contributed by atoms with Gasteiger partial charge < -0.3 is 5.32 Å². The molecule has 1 aromatic heterocycles. The van der Waals surface area contributed by atoms with E-state index in [4.69, 9.17) is 0 Å². The molecule has 1 heterocycles. The Kier molecular flexibility index (Phi) is 3.99. The Morgan fingerprint density at radius 2 is 2.32 bits per heavy atom. The van der Waals surface area contributed by atoms with Gasteiger partial charge in [0.2, 0.25) is 0 Å². The van der Waals surface area contributed by atoms with Gasteiger partial charge in [0.15, 0.2) is 0 Å². The number of pyridine rings is 1. The highest BCUT2D eigenvalue weighted by Gasteiger charge is 2.28. The lowest BCUT2D eigenvalue weighted by molar-refractivity contribution is -0.385. The molecule has 0 amide bonds. The Hall–Kier alpha value is -1.69. The molecule has 1 atom stereocenters. The normalized spacial score (nSPS) is 16.4. The third-order valence-corrected chi connectivity index (χ3v) is 3.66. The number of anilines is 1. The summed E-state index contributed by atoms with van der Waals surface area (Å²) < 4.78 is 0. The molecule has 1 N–H and O–H groups in total. The van der Waals surface area contributed by atoms with Crippen molar-refractivity contribution in [3.63, 3.8) is 0 Å². The van der Waals surface area contributed by atoms with Crippen LogP contribution in [0.25, 0.3) is 0 Å². The second-order valence-corrected chi connectivity index (χ2v) is 5.24. The Morgan fingerprint density at radius 1 is 1.63 bits per heavy atom. The first-order chi connectivity index (χ1) is 8.99. The predicted octanol–water partition coefficient (Wildman–Crippen LogP) is 2.19. The molecule has 0 aromatic carbocycles. The monoisotopic (exact) mass is 264 g/mol. The van der Waals surface area contributed by atoms with Crippen LogP contribution in [0.15, 0.2) is 12.3 Å². The van der Waals surface area contributed by atoms with Gasteiger partial charge in [0.1, 0.15) is 12.0 Å². The minimum absolute atomic E-state index is 0.0335. The summed E-state index contributed by atoms with van der Waals surface area (Å²) in [6.45, 7) is 4.79. The predicted molar refractivity (Wildman–Crippen MR) is 74.4 cm³/mol. The fraction of sp³-hybridized carbons (Fsp3) is 0.615. The van der Waals surface area contributed by atoms with Gasteiger partial charge in [0.05, 0.1) is 4.92 Å². The summed E-state index contributed by atoms with van der Waals surface area (Å²) in [4.78, 5) is 16.7. The molecule has 1 saturated carbocycles. The smallest absolute Gasteiger partial charge is 0.287 e. The summed E-state index contributed by atoms with van der Waals surface area (Å²) in [5, 5.41) is 13.9. The molecule has 0 radical (unpaired) electrons. The van der Waals surface area contributed by atoms with Crippen molar-refractivity contribution in [2.24, 2.45) is 0 Å². The number of nitrogens with one attached hydrogen (secondary N) is 1. The minimum Gasteiger partial charge on any atom is -0.368 e. The van der Waals surface area contributed by atoms with Crippen molar-refractivity contribution in [2.75, 3.05) is 18.9 Å². The maximum Gasteiger partial charge on any atom is 0.287 e. The number of nitro groups is 1. The van der Waals surface area contributed by atoms with E-state index in [2.05, 4.69) is 29.2 Å². The van der Waals surface area contributed by atoms with Gasteiger partial charge in [-0.25, -0.2) is 4.98 Å². The van der Waals surface area contributed by atoms with Crippen molar-refractivity contribution in [3.8, 4) is 0 Å². The van der Waals surface area contributed by atoms with Gasteiger partial charge in [-0.15, -0.1) is 0 Å². The molecule has 1 aliphatic carbocycles. The van der Waals surface area contributed by atoms with Crippen LogP contribution in [-0.4, -0.2) is 40.5 Å². The number of aromatic nitrogens is 1. The summed E-state index contributed by atoms with van der Waals surface area (Å²) in [5.41, 5.74) is 0.835. The Labute approximate surface area is 113 Å². The summed E-state index contributed by atoms with van der Waals surface area (Å²) in [7, 11) is 2.14. The van der Waals surface area contributed by atoms with E-state index in [1.807, 2.05) is 6.92 Å². The molecule has 2 rings (SSSR count). The van der Waals surface area contributed by atoms with Crippen LogP contribution in [0.3, 0.4) is 0 Å². The Morgan fingerprint density at radius 3 is 2.84 bits per heavy atom. The number of hydrogen-bond donors (Lipinski definition) is 1. The van der Waals surface area contributed by atoms with Crippen LogP contribution in [0.5, 0.6) is 0 Å². The first kappa shape index (κ1) is 13.7. The lowest BCUT2D eigenvalue weighted by Gasteiger charge is -2.25. The largest absolute Gasteiger partial charge is 0.368 e. The van der Waals surface area contributed by atoms with Crippen LogP contribution >= 0.6 is 0 Å². The van der Waals surface area contributed by atoms with E-state index in [1.165, 1.54) is 19.0 Å². The second kappa shape index (κ2) is 5.52. The number of nitrogens with zero attached hydrogens (tertiary/aromatic N) is 3. The van der Waals surface area contributed by atoms with Gasteiger partial charge in [-0.2, -0.15) is 0 Å². The number of likely N-dealkylation sites (N-methyl/N-ethyl adjacent to an activating group) is 1. The molecule has 6 heteroatoms. The van der Waals surface area contributed by atoms with Gasteiger partial charge in [-0.1, -0.05) is 0 Å². The molecule has 6 nitrogen and oxygen atoms in total. The Balaban J connectivity index is 1.93. The molecule has 1 fully saturated rings. The molecule has 19 heavy (non-hydrogen) atoms. The standard InChI is InChI=1S/C13H20N4O2/c1-9-6-12(17(18)19)8-15-13(9)14-7-10(2)16(3)11-4-5-11/h6,8,10-11H,4-5,7H2,1-3H3,(H,14,15). The maximum atomic E-state index is 10.6. The molecule has 0 spiro atoms. The molecule has 104 valence electrons. The summed E-state index contributed by atoms with van der Waals surface area (Å²) >= 11 is 0. The first-order valence-electron chi connectivity index (χ1n) is 6.56. The summed E-state index contributed by atoms with van der Waals surface area (Å²) in [6, 6.07) is 2.69. The molecular formula is C13H20N4O2. The van der Waals surface area contributed by atoms with Crippen molar-refractivity contribution in [2.45, 2.75) is 38.8 Å². The molecule has 0 bridgehead atoms. The van der Waals surface area contributed by atoms with E-state index in [0.29, 0.717) is 6.04 Å². The van der Waals surface area contributed by atoms with Gasteiger partial charge in [0, 0.05) is 24.7 Å². The van der Waals surface area contributed by atoms with Crippen LogP contribution in [-0.2, 0) is 0 Å². The van der Waals surface area contributed by atoms with Crippen molar-refractivity contribution >= 4 is 11.5 Å². The van der Waals surface area contributed by atoms with Crippen molar-refractivity contribution in [1.29, 1.82) is 0 Å². The zero-order valence-electron chi connectivity index (χ0n) is 11.6. The zero-order chi connectivity index (χ0) is 14.0. The van der Waals surface area contributed by atoms with Crippen LogP contribution in [0.4, 0.5) is 11.5 Å². The highest BCUT2D eigenvalue weighted by Crippen LogP contribution is 2.27. The summed E-state index contributed by atoms with van der Waals surface area (Å²) in [6.07, 6.45) is 3.87. The lowest BCUT2D eigenvalue weighted by Crippen LogP contribution is -2.36. The quantitative estimate of drug-likeness (QED) is 0.630. The van der Waals surface area contributed by atoms with Crippen LogP contribution < -0.4 is 5.32 Å². The van der Waals surface area contributed by atoms with E-state index in [9.17, 15) is 10.1 Å². The van der Waals surface area contributed by atoms with Crippen LogP contribution in [0.2, 0.25) is 0 Å². The maximum absolute atomic E-state index is 10.6. The highest BCUT2D eigenvalue weighted by atomic mass is 16.6. The SMILES string of the molecule is Cc1cc([N+](=O)[O-])cnc1NCC(C)N(C)C1CC1. The second-order valence-electron chi connectivity index (χ2n) is 5.24. The van der Waals surface area contributed by atoms with Crippen molar-refractivity contribution in [3.05, 3.63) is 27.9 Å². The van der Waals surface area contributed by atoms with E-state index >= 15 is 0 Å². The lowest BCUT2D eigenvalue weighted by atomic mass is 10.2. The van der Waals surface area contributed by atoms with Crippen molar-refractivity contribution < 1.29 is 4.92 Å². The zero-order valence-corrected chi connectivity index (χ0v) is 11.6. The number of rotatable bonds is 6. The molecule has 1 unspecified atom stereocenters. The van der Waals surface area contributed by atoms with Gasteiger partial charge >= 0.3 is 0 Å². The number of aryl methyl sites for hydroxylation is 1. The first-order valence-corrected chi connectivity index (χ1v) is 6.56. The highest BCUT2D eigenvalue weighted by molar-refractivity contribution is 5.48. The molecule has 1 aromatic rings. The van der Waals surface area contributed by atoms with E-state index in [1.54, 1.807) is 6.07 Å². The average Bonchev–Trinajstić information content (AvgIpc) is 3.20. The van der Waals surface area contributed by atoms with Gasteiger partial charge in [-0.05, 0) is 39.3 Å². The van der Waals surface area contributed by atoms with Crippen molar-refractivity contribution in [1.82, 2.24) is 9.88 Å². The third kappa shape index (κ3) is 3.41. The van der Waals surface area contributed by atoms with Crippen LogP contribution in [0, 0.1) is 17.0 Å². The van der Waals surface area contributed by atoms with Gasteiger partial charge in [-0.3, -0.25) is 15.0 Å². The molecule has 0 saturated heterocycles. The number of hydrogen-bond acceptors (Lipinski definition) is 5. The van der Waals surface area contributed by atoms with Gasteiger partial charge in [0.25, 0.3) is 5.69 Å². The molecular weight excluding hydrogens is 244 g/mol. The minimum atomic E-state index is -0.423. The third-order valence-electron chi connectivity index (χ3n) is 3.66. The molecule has 0 aliphatic heterocycles. The molecule has 1 aliphatic rings. The topological polar surface area (TPSA) is 71.3 Å². The average molecular weight is 264 g/mol. The summed E-state index contributed by atoms with van der Waals surface area (Å²) in [5.74, 6) is 0.724. The van der Waals surface area contributed by atoms with E-state index in [-0.39, 0.29) is 5.69 Å².